The molecule has 1 aromatic heterocycles. The van der Waals surface area contributed by atoms with Gasteiger partial charge in [0.05, 0.1) is 10.7 Å². The lowest BCUT2D eigenvalue weighted by molar-refractivity contribution is 0.0700. The van der Waals surface area contributed by atoms with Crippen LogP contribution in [0, 0.1) is 0 Å². The molecule has 0 radical (unpaired) electrons. The molecular weight excluding hydrogens is 258 g/mol. The number of carbonyl (C=O) groups is 1. The van der Waals surface area contributed by atoms with Gasteiger partial charge in [-0.1, -0.05) is 43.7 Å². The quantitative estimate of drug-likeness (QED) is 0.876. The Balaban J connectivity index is 2.08. The van der Waals surface area contributed by atoms with E-state index in [2.05, 4.69) is 17.1 Å². The molecule has 1 N–H and O–H groups in total. The van der Waals surface area contributed by atoms with Gasteiger partial charge in [-0.3, -0.25) is 0 Å². The minimum atomic E-state index is -0.855. The molecule has 0 fully saturated rings. The average Bonchev–Trinajstić information content (AvgIpc) is 2.81. The van der Waals surface area contributed by atoms with Gasteiger partial charge in [0.25, 0.3) is 0 Å². The van der Waals surface area contributed by atoms with Crippen molar-refractivity contribution in [2.45, 2.75) is 32.6 Å². The molecule has 0 aliphatic carbocycles. The summed E-state index contributed by atoms with van der Waals surface area (Å²) in [5, 5.41) is 10.1. The molecule has 0 unspecified atom stereocenters. The molecule has 2 rings (SSSR count). The van der Waals surface area contributed by atoms with E-state index in [0.717, 1.165) is 36.4 Å². The van der Waals surface area contributed by atoms with Crippen LogP contribution in [-0.2, 0) is 19.3 Å². The second-order valence-corrected chi connectivity index (χ2v) is 5.51. The number of hydrogen-bond acceptors (Lipinski definition) is 3. The van der Waals surface area contributed by atoms with Gasteiger partial charge in [-0.15, -0.1) is 11.3 Å². The summed E-state index contributed by atoms with van der Waals surface area (Å²) in [4.78, 5) is 16.0. The van der Waals surface area contributed by atoms with E-state index in [1.165, 1.54) is 16.9 Å². The molecule has 0 bridgehead atoms. The summed E-state index contributed by atoms with van der Waals surface area (Å²) >= 11 is 1.32. The SMILES string of the molecule is CCCc1nc(CCc2ccccc2)sc1C(=O)O. The zero-order valence-corrected chi connectivity index (χ0v) is 11.7. The van der Waals surface area contributed by atoms with E-state index in [1.54, 1.807) is 0 Å². The van der Waals surface area contributed by atoms with Gasteiger partial charge in [-0.05, 0) is 18.4 Å². The highest BCUT2D eigenvalue weighted by atomic mass is 32.1. The maximum Gasteiger partial charge on any atom is 0.347 e. The number of aryl methyl sites for hydroxylation is 3. The van der Waals surface area contributed by atoms with Crippen LogP contribution in [0.15, 0.2) is 30.3 Å². The number of carboxylic acid groups (broad SMARTS) is 1. The van der Waals surface area contributed by atoms with Gasteiger partial charge in [0.2, 0.25) is 0 Å². The molecule has 0 saturated heterocycles. The zero-order valence-electron chi connectivity index (χ0n) is 10.9. The van der Waals surface area contributed by atoms with E-state index < -0.39 is 5.97 Å². The van der Waals surface area contributed by atoms with Crippen LogP contribution in [0.25, 0.3) is 0 Å². The van der Waals surface area contributed by atoms with E-state index >= 15 is 0 Å². The summed E-state index contributed by atoms with van der Waals surface area (Å²) < 4.78 is 0. The number of aromatic carboxylic acids is 1. The fourth-order valence-corrected chi connectivity index (χ4v) is 2.93. The predicted octanol–water partition coefficient (Wildman–Crippen LogP) is 3.58. The van der Waals surface area contributed by atoms with Gasteiger partial charge in [0.15, 0.2) is 0 Å². The number of hydrogen-bond donors (Lipinski definition) is 1. The van der Waals surface area contributed by atoms with Crippen molar-refractivity contribution in [3.05, 3.63) is 51.5 Å². The third-order valence-electron chi connectivity index (χ3n) is 2.89. The molecule has 4 heteroatoms. The van der Waals surface area contributed by atoms with Crippen molar-refractivity contribution in [3.8, 4) is 0 Å². The van der Waals surface area contributed by atoms with Crippen LogP contribution < -0.4 is 0 Å². The Morgan fingerprint density at radius 1 is 1.21 bits per heavy atom. The lowest BCUT2D eigenvalue weighted by Crippen LogP contribution is -1.98. The Morgan fingerprint density at radius 2 is 1.95 bits per heavy atom. The van der Waals surface area contributed by atoms with Gasteiger partial charge >= 0.3 is 5.97 Å². The van der Waals surface area contributed by atoms with Crippen molar-refractivity contribution < 1.29 is 9.90 Å². The van der Waals surface area contributed by atoms with Crippen molar-refractivity contribution in [2.75, 3.05) is 0 Å². The molecule has 0 aliphatic rings. The first-order valence-electron chi connectivity index (χ1n) is 6.46. The smallest absolute Gasteiger partial charge is 0.347 e. The van der Waals surface area contributed by atoms with Gasteiger partial charge in [-0.2, -0.15) is 0 Å². The summed E-state index contributed by atoms with van der Waals surface area (Å²) in [5.41, 5.74) is 2.00. The summed E-state index contributed by atoms with van der Waals surface area (Å²) in [7, 11) is 0. The van der Waals surface area contributed by atoms with Gasteiger partial charge in [-0.25, -0.2) is 9.78 Å². The van der Waals surface area contributed by atoms with Gasteiger partial charge < -0.3 is 5.11 Å². The first kappa shape index (κ1) is 13.7. The van der Waals surface area contributed by atoms with Crippen molar-refractivity contribution in [1.82, 2.24) is 4.98 Å². The Bertz CT molecular complexity index is 549. The highest BCUT2D eigenvalue weighted by Gasteiger charge is 2.16. The third-order valence-corrected chi connectivity index (χ3v) is 4.04. The molecular formula is C15H17NO2S. The van der Waals surface area contributed by atoms with Crippen LogP contribution in [0.5, 0.6) is 0 Å². The minimum absolute atomic E-state index is 0.407. The van der Waals surface area contributed by atoms with Crippen molar-refractivity contribution in [2.24, 2.45) is 0 Å². The Hall–Kier alpha value is -1.68. The number of aromatic nitrogens is 1. The largest absolute Gasteiger partial charge is 0.477 e. The summed E-state index contributed by atoms with van der Waals surface area (Å²) in [6, 6.07) is 10.2. The van der Waals surface area contributed by atoms with Crippen molar-refractivity contribution in [1.29, 1.82) is 0 Å². The maximum absolute atomic E-state index is 11.2. The monoisotopic (exact) mass is 275 g/mol. The number of thiazole rings is 1. The number of nitrogens with zero attached hydrogens (tertiary/aromatic N) is 1. The highest BCUT2D eigenvalue weighted by Crippen LogP contribution is 2.21. The van der Waals surface area contributed by atoms with E-state index in [4.69, 9.17) is 5.11 Å². The van der Waals surface area contributed by atoms with Gasteiger partial charge in [0.1, 0.15) is 4.88 Å². The zero-order chi connectivity index (χ0) is 13.7. The molecule has 1 aromatic carbocycles. The second-order valence-electron chi connectivity index (χ2n) is 4.42. The van der Waals surface area contributed by atoms with E-state index in [0.29, 0.717) is 4.88 Å². The Morgan fingerprint density at radius 3 is 2.58 bits per heavy atom. The second kappa shape index (κ2) is 6.48. The Labute approximate surface area is 116 Å². The molecule has 0 aliphatic heterocycles. The van der Waals surface area contributed by atoms with Crippen LogP contribution in [0.2, 0.25) is 0 Å². The minimum Gasteiger partial charge on any atom is -0.477 e. The van der Waals surface area contributed by atoms with Crippen LogP contribution >= 0.6 is 11.3 Å². The predicted molar refractivity (Wildman–Crippen MR) is 76.9 cm³/mol. The highest BCUT2D eigenvalue weighted by molar-refractivity contribution is 7.13. The van der Waals surface area contributed by atoms with Crippen LogP contribution in [0.3, 0.4) is 0 Å². The van der Waals surface area contributed by atoms with Crippen LogP contribution in [-0.4, -0.2) is 16.1 Å². The third kappa shape index (κ3) is 3.64. The molecule has 100 valence electrons. The van der Waals surface area contributed by atoms with E-state index in [1.807, 2.05) is 25.1 Å². The standard InChI is InChI=1S/C15H17NO2S/c1-2-6-12-14(15(17)18)19-13(16-12)10-9-11-7-4-3-5-8-11/h3-5,7-8H,2,6,9-10H2,1H3,(H,17,18). The first-order valence-corrected chi connectivity index (χ1v) is 7.28. The summed E-state index contributed by atoms with van der Waals surface area (Å²) in [5.74, 6) is -0.855. The molecule has 0 saturated carbocycles. The molecule has 0 spiro atoms. The molecule has 19 heavy (non-hydrogen) atoms. The number of benzene rings is 1. The first-order chi connectivity index (χ1) is 9.20. The van der Waals surface area contributed by atoms with E-state index in [9.17, 15) is 4.79 Å². The lowest BCUT2D eigenvalue weighted by Gasteiger charge is -1.97. The fraction of sp³-hybridized carbons (Fsp3) is 0.333. The van der Waals surface area contributed by atoms with Crippen LogP contribution in [0.4, 0.5) is 0 Å². The lowest BCUT2D eigenvalue weighted by atomic mass is 10.1. The maximum atomic E-state index is 11.2. The number of carboxylic acids is 1. The van der Waals surface area contributed by atoms with Gasteiger partial charge in [0, 0.05) is 6.42 Å². The van der Waals surface area contributed by atoms with Crippen LogP contribution in [0.1, 0.15) is 39.3 Å². The fourth-order valence-electron chi connectivity index (χ4n) is 1.98. The Kier molecular flexibility index (Phi) is 4.68. The molecule has 3 nitrogen and oxygen atoms in total. The molecule has 0 atom stereocenters. The van der Waals surface area contributed by atoms with E-state index in [-0.39, 0.29) is 0 Å². The molecule has 1 heterocycles. The summed E-state index contributed by atoms with van der Waals surface area (Å²) in [6.45, 7) is 2.04. The summed E-state index contributed by atoms with van der Waals surface area (Å²) in [6.07, 6.45) is 3.36. The molecule has 2 aromatic rings. The van der Waals surface area contributed by atoms with Crippen molar-refractivity contribution in [3.63, 3.8) is 0 Å². The average molecular weight is 275 g/mol. The normalized spacial score (nSPS) is 10.6. The topological polar surface area (TPSA) is 50.2 Å². The van der Waals surface area contributed by atoms with Crippen molar-refractivity contribution >= 4 is 17.3 Å². The molecule has 0 amide bonds. The number of rotatable bonds is 6.